The molecule has 2 fully saturated rings. The molecule has 0 radical (unpaired) electrons. The Hall–Kier alpha value is -2.55. The van der Waals surface area contributed by atoms with Crippen LogP contribution in [-0.4, -0.2) is 25.9 Å². The van der Waals surface area contributed by atoms with Crippen LogP contribution >= 0.6 is 11.6 Å². The van der Waals surface area contributed by atoms with Gasteiger partial charge in [-0.1, -0.05) is 23.7 Å². The zero-order valence-electron chi connectivity index (χ0n) is 16.7. The summed E-state index contributed by atoms with van der Waals surface area (Å²) in [5.74, 6) is 2.06. The van der Waals surface area contributed by atoms with Gasteiger partial charge in [0.2, 0.25) is 0 Å². The molecule has 156 valence electrons. The van der Waals surface area contributed by atoms with Crippen LogP contribution in [0.3, 0.4) is 0 Å². The van der Waals surface area contributed by atoms with Crippen molar-refractivity contribution >= 4 is 17.4 Å². The average molecular weight is 428 g/mol. The molecule has 9 heteroatoms. The molecule has 30 heavy (non-hydrogen) atoms. The van der Waals surface area contributed by atoms with E-state index in [1.807, 2.05) is 32.0 Å². The third-order valence-electron chi connectivity index (χ3n) is 5.94. The van der Waals surface area contributed by atoms with Crippen molar-refractivity contribution in [2.45, 2.75) is 38.9 Å². The second-order valence-electron chi connectivity index (χ2n) is 8.01. The quantitative estimate of drug-likeness (QED) is 0.576. The van der Waals surface area contributed by atoms with Crippen molar-refractivity contribution in [1.82, 2.24) is 30.6 Å². The molecule has 3 unspecified atom stereocenters. The maximum Gasteiger partial charge on any atom is 0.159 e. The first-order chi connectivity index (χ1) is 14.5. The number of nitrogens with one attached hydrogen (secondary N) is 3. The van der Waals surface area contributed by atoms with E-state index in [2.05, 4.69) is 31.2 Å². The standard InChI is InChI=1S/C21H23ClFN7/c1-11-19(22)12(2)30(29-11)17-9-16(24-10-25-17)26-21-18(13-3-4-13)20(27-28-21)14-5-7-15(23)8-6-14/h5-10,13,18,20-21,27-28H,3-4H2,1-2H3,(H,24,25,26). The van der Waals surface area contributed by atoms with E-state index in [-0.39, 0.29) is 18.0 Å². The van der Waals surface area contributed by atoms with Crippen LogP contribution in [0.1, 0.15) is 35.8 Å². The molecule has 0 amide bonds. The summed E-state index contributed by atoms with van der Waals surface area (Å²) >= 11 is 6.29. The third-order valence-corrected chi connectivity index (χ3v) is 6.48. The summed E-state index contributed by atoms with van der Waals surface area (Å²) in [5, 5.41) is 8.61. The molecular formula is C21H23ClFN7. The number of rotatable bonds is 5. The van der Waals surface area contributed by atoms with E-state index in [0.717, 1.165) is 17.0 Å². The lowest BCUT2D eigenvalue weighted by molar-refractivity contribution is 0.387. The van der Waals surface area contributed by atoms with Crippen molar-refractivity contribution in [2.24, 2.45) is 11.8 Å². The molecule has 7 nitrogen and oxygen atoms in total. The fraction of sp³-hybridized carbons (Fsp3) is 0.381. The van der Waals surface area contributed by atoms with Gasteiger partial charge in [0.25, 0.3) is 0 Å². The van der Waals surface area contributed by atoms with Gasteiger partial charge in [-0.25, -0.2) is 29.9 Å². The second kappa shape index (κ2) is 7.61. The molecule has 1 aromatic carbocycles. The fourth-order valence-electron chi connectivity index (χ4n) is 4.25. The Morgan fingerprint density at radius 3 is 2.57 bits per heavy atom. The Labute approximate surface area is 179 Å². The van der Waals surface area contributed by atoms with E-state index in [4.69, 9.17) is 11.6 Å². The van der Waals surface area contributed by atoms with Crippen molar-refractivity contribution in [3.63, 3.8) is 0 Å². The first-order valence-electron chi connectivity index (χ1n) is 10.1. The number of hydrogen-bond acceptors (Lipinski definition) is 6. The Balaban J connectivity index is 1.39. The van der Waals surface area contributed by atoms with Gasteiger partial charge in [0, 0.05) is 12.0 Å². The first kappa shape index (κ1) is 19.4. The number of benzene rings is 1. The van der Waals surface area contributed by atoms with Crippen molar-refractivity contribution in [1.29, 1.82) is 0 Å². The molecule has 0 bridgehead atoms. The maximum atomic E-state index is 13.4. The van der Waals surface area contributed by atoms with Gasteiger partial charge in [0.15, 0.2) is 5.82 Å². The summed E-state index contributed by atoms with van der Waals surface area (Å²) in [5.41, 5.74) is 9.43. The molecular weight excluding hydrogens is 405 g/mol. The zero-order chi connectivity index (χ0) is 20.8. The van der Waals surface area contributed by atoms with Gasteiger partial charge in [0.05, 0.1) is 28.6 Å². The Morgan fingerprint density at radius 1 is 1.13 bits per heavy atom. The summed E-state index contributed by atoms with van der Waals surface area (Å²) in [7, 11) is 0. The van der Waals surface area contributed by atoms with Crippen molar-refractivity contribution < 1.29 is 4.39 Å². The minimum Gasteiger partial charge on any atom is -0.353 e. The highest BCUT2D eigenvalue weighted by atomic mass is 35.5. The summed E-state index contributed by atoms with van der Waals surface area (Å²) in [6, 6.07) is 8.69. The summed E-state index contributed by atoms with van der Waals surface area (Å²) in [6.07, 6.45) is 3.90. The molecule has 3 aromatic rings. The number of halogens is 2. The molecule has 3 heterocycles. The van der Waals surface area contributed by atoms with Crippen LogP contribution in [0.4, 0.5) is 10.2 Å². The van der Waals surface area contributed by atoms with Gasteiger partial charge in [-0.15, -0.1) is 0 Å². The number of nitrogens with zero attached hydrogens (tertiary/aromatic N) is 4. The van der Waals surface area contributed by atoms with Gasteiger partial charge in [-0.2, -0.15) is 5.10 Å². The average Bonchev–Trinajstić information content (AvgIpc) is 3.46. The highest BCUT2D eigenvalue weighted by molar-refractivity contribution is 6.31. The number of aromatic nitrogens is 4. The minimum atomic E-state index is -0.222. The van der Waals surface area contributed by atoms with E-state index in [9.17, 15) is 4.39 Å². The Bertz CT molecular complexity index is 1060. The molecule has 0 spiro atoms. The molecule has 3 atom stereocenters. The van der Waals surface area contributed by atoms with Gasteiger partial charge < -0.3 is 5.32 Å². The molecule has 2 aliphatic rings. The van der Waals surface area contributed by atoms with Gasteiger partial charge in [0.1, 0.15) is 18.0 Å². The first-order valence-corrected chi connectivity index (χ1v) is 10.5. The predicted octanol–water partition coefficient (Wildman–Crippen LogP) is 3.68. The van der Waals surface area contributed by atoms with E-state index in [0.29, 0.717) is 28.5 Å². The molecule has 1 aliphatic heterocycles. The van der Waals surface area contributed by atoms with Gasteiger partial charge in [-0.3, -0.25) is 0 Å². The maximum absolute atomic E-state index is 13.4. The molecule has 2 aromatic heterocycles. The van der Waals surface area contributed by atoms with Crippen LogP contribution in [0.15, 0.2) is 36.7 Å². The van der Waals surface area contributed by atoms with Crippen molar-refractivity contribution in [3.8, 4) is 5.82 Å². The normalized spacial score (nSPS) is 23.7. The van der Waals surface area contributed by atoms with Crippen LogP contribution in [0.25, 0.3) is 5.82 Å². The van der Waals surface area contributed by atoms with Gasteiger partial charge >= 0.3 is 0 Å². The molecule has 1 saturated carbocycles. The Kier molecular flexibility index (Phi) is 4.92. The summed E-state index contributed by atoms with van der Waals surface area (Å²) < 4.78 is 15.1. The molecule has 3 N–H and O–H groups in total. The van der Waals surface area contributed by atoms with Crippen LogP contribution in [0.5, 0.6) is 0 Å². The number of anilines is 1. The predicted molar refractivity (Wildman–Crippen MR) is 113 cm³/mol. The number of hydrogen-bond donors (Lipinski definition) is 3. The fourth-order valence-corrected chi connectivity index (χ4v) is 4.36. The highest BCUT2D eigenvalue weighted by Gasteiger charge is 2.46. The van der Waals surface area contributed by atoms with E-state index < -0.39 is 0 Å². The van der Waals surface area contributed by atoms with Gasteiger partial charge in [-0.05, 0) is 50.3 Å². The molecule has 1 saturated heterocycles. The molecule has 1 aliphatic carbocycles. The third kappa shape index (κ3) is 3.55. The number of hydrazine groups is 1. The lowest BCUT2D eigenvalue weighted by Crippen LogP contribution is -2.39. The lowest BCUT2D eigenvalue weighted by Gasteiger charge is -2.24. The monoisotopic (exact) mass is 427 g/mol. The second-order valence-corrected chi connectivity index (χ2v) is 8.39. The van der Waals surface area contributed by atoms with Crippen LogP contribution < -0.4 is 16.2 Å². The number of aryl methyl sites for hydroxylation is 1. The van der Waals surface area contributed by atoms with E-state index >= 15 is 0 Å². The summed E-state index contributed by atoms with van der Waals surface area (Å²) in [4.78, 5) is 8.75. The lowest BCUT2D eigenvalue weighted by atomic mass is 9.88. The van der Waals surface area contributed by atoms with Crippen molar-refractivity contribution in [3.05, 3.63) is 64.5 Å². The van der Waals surface area contributed by atoms with Crippen LogP contribution in [0.2, 0.25) is 5.02 Å². The van der Waals surface area contributed by atoms with Crippen molar-refractivity contribution in [2.75, 3.05) is 5.32 Å². The zero-order valence-corrected chi connectivity index (χ0v) is 17.5. The minimum absolute atomic E-state index is 0.0145. The van der Waals surface area contributed by atoms with E-state index in [1.54, 1.807) is 4.68 Å². The van der Waals surface area contributed by atoms with Crippen LogP contribution in [0, 0.1) is 31.5 Å². The Morgan fingerprint density at radius 2 is 1.90 bits per heavy atom. The molecule has 5 rings (SSSR count). The summed E-state index contributed by atoms with van der Waals surface area (Å²) in [6.45, 7) is 3.78. The smallest absolute Gasteiger partial charge is 0.159 e. The highest BCUT2D eigenvalue weighted by Crippen LogP contribution is 2.46. The van der Waals surface area contributed by atoms with Crippen LogP contribution in [-0.2, 0) is 0 Å². The largest absolute Gasteiger partial charge is 0.353 e. The van der Waals surface area contributed by atoms with E-state index in [1.165, 1.54) is 31.3 Å². The topological polar surface area (TPSA) is 79.7 Å². The SMILES string of the molecule is Cc1nn(-c2cc(NC3NNC(c4ccc(F)cc4)C3C3CC3)ncn2)c(C)c1Cl.